The molecular formula is C13H23N2O2S+. The summed E-state index contributed by atoms with van der Waals surface area (Å²) in [6, 6.07) is 0. The van der Waals surface area contributed by atoms with E-state index in [-0.39, 0.29) is 6.10 Å². The standard InChI is InChI=1S/C13H22N2O2S/c1-12-7-6-9-15(11-13(12)16)18-10-5-3-4-8-14-17-2/h3-5,8,10,12-13,16H,6-7,9,11H2,1-2H3/p+1/b4-3-,10-5+,14-8+. The van der Waals surface area contributed by atoms with Crippen LogP contribution in [0, 0.1) is 5.92 Å². The van der Waals surface area contributed by atoms with Crippen LogP contribution in [0.25, 0.3) is 0 Å². The molecule has 0 saturated carbocycles. The monoisotopic (exact) mass is 271 g/mol. The highest BCUT2D eigenvalue weighted by molar-refractivity contribution is 7.99. The van der Waals surface area contributed by atoms with Gasteiger partial charge in [-0.15, -0.1) is 0 Å². The van der Waals surface area contributed by atoms with Crippen LogP contribution in [0.5, 0.6) is 0 Å². The van der Waals surface area contributed by atoms with Crippen LogP contribution in [0.1, 0.15) is 19.8 Å². The quantitative estimate of drug-likeness (QED) is 0.331. The van der Waals surface area contributed by atoms with E-state index < -0.39 is 0 Å². The van der Waals surface area contributed by atoms with Crippen molar-refractivity contribution in [2.75, 3.05) is 20.2 Å². The number of nitrogens with one attached hydrogen (secondary N) is 1. The number of allylic oxidation sites excluding steroid dienone is 3. The maximum absolute atomic E-state index is 9.91. The van der Waals surface area contributed by atoms with Crippen LogP contribution >= 0.6 is 11.9 Å². The summed E-state index contributed by atoms with van der Waals surface area (Å²) in [6.45, 7) is 3.91. The third-order valence-electron chi connectivity index (χ3n) is 2.91. The molecule has 1 aliphatic heterocycles. The van der Waals surface area contributed by atoms with Gasteiger partial charge in [0.25, 0.3) is 0 Å². The van der Waals surface area contributed by atoms with Gasteiger partial charge in [0.15, 0.2) is 0 Å². The molecule has 1 rings (SSSR count). The minimum atomic E-state index is -0.205. The van der Waals surface area contributed by atoms with Crippen LogP contribution in [0.3, 0.4) is 0 Å². The average Bonchev–Trinajstić information content (AvgIpc) is 2.51. The smallest absolute Gasteiger partial charge is 0.213 e. The van der Waals surface area contributed by atoms with Crippen LogP contribution < -0.4 is 5.16 Å². The van der Waals surface area contributed by atoms with Gasteiger partial charge in [0.05, 0.1) is 6.10 Å². The molecule has 0 spiro atoms. The molecule has 1 fully saturated rings. The zero-order valence-electron chi connectivity index (χ0n) is 11.1. The molecule has 0 bridgehead atoms. The predicted molar refractivity (Wildman–Crippen MR) is 75.9 cm³/mol. The zero-order chi connectivity index (χ0) is 13.2. The molecule has 102 valence electrons. The summed E-state index contributed by atoms with van der Waals surface area (Å²) >= 11 is 1.66. The van der Waals surface area contributed by atoms with Crippen molar-refractivity contribution in [3.8, 4) is 0 Å². The Morgan fingerprint density at radius 3 is 3.00 bits per heavy atom. The number of hydrogen-bond acceptors (Lipinski definition) is 4. The molecule has 18 heavy (non-hydrogen) atoms. The van der Waals surface area contributed by atoms with Crippen molar-refractivity contribution in [1.82, 2.24) is 4.31 Å². The number of β-amino-alcohol motifs (C(OH)–C–C–N with tert-alkyl or cyclic N) is 1. The third kappa shape index (κ3) is 6.23. The largest absolute Gasteiger partial charge is 0.391 e. The summed E-state index contributed by atoms with van der Waals surface area (Å²) in [5.41, 5.74) is 0. The van der Waals surface area contributed by atoms with E-state index >= 15 is 0 Å². The normalized spacial score (nSPS) is 27.3. The fourth-order valence-corrected chi connectivity index (χ4v) is 2.56. The van der Waals surface area contributed by atoms with Gasteiger partial charge in [-0.1, -0.05) is 31.0 Å². The summed E-state index contributed by atoms with van der Waals surface area (Å²) in [5.74, 6) is 0.411. The summed E-state index contributed by atoms with van der Waals surface area (Å²) in [4.78, 5) is 4.66. The topological polar surface area (TPSA) is 46.7 Å². The van der Waals surface area contributed by atoms with Gasteiger partial charge in [-0.05, 0) is 29.3 Å². The first kappa shape index (κ1) is 15.3. The summed E-state index contributed by atoms with van der Waals surface area (Å²) in [5, 5.41) is 14.5. The second-order valence-electron chi connectivity index (χ2n) is 4.38. The van der Waals surface area contributed by atoms with Gasteiger partial charge in [0.1, 0.15) is 7.11 Å². The lowest BCUT2D eigenvalue weighted by molar-refractivity contribution is -0.740. The summed E-state index contributed by atoms with van der Waals surface area (Å²) < 4.78 is 2.22. The van der Waals surface area contributed by atoms with Gasteiger partial charge in [0, 0.05) is 19.2 Å². The van der Waals surface area contributed by atoms with E-state index in [2.05, 4.69) is 21.2 Å². The van der Waals surface area contributed by atoms with Gasteiger partial charge in [-0.3, -0.25) is 4.84 Å². The van der Waals surface area contributed by atoms with Gasteiger partial charge < -0.3 is 5.11 Å². The first-order valence-electron chi connectivity index (χ1n) is 6.27. The Bertz CT molecular complexity index is 305. The van der Waals surface area contributed by atoms with E-state index in [1.54, 1.807) is 25.3 Å². The molecule has 2 N–H and O–H groups in total. The van der Waals surface area contributed by atoms with E-state index in [0.29, 0.717) is 5.92 Å². The number of aliphatic hydroxyl groups excluding tert-OH is 1. The minimum absolute atomic E-state index is 0.205. The van der Waals surface area contributed by atoms with Crippen molar-refractivity contribution in [2.45, 2.75) is 25.9 Å². The van der Waals surface area contributed by atoms with Crippen LogP contribution in [0.4, 0.5) is 0 Å². The molecule has 0 aromatic rings. The van der Waals surface area contributed by atoms with Gasteiger partial charge in [-0.2, -0.15) is 0 Å². The van der Waals surface area contributed by atoms with Crippen molar-refractivity contribution < 1.29 is 15.1 Å². The average molecular weight is 271 g/mol. The molecule has 2 atom stereocenters. The minimum Gasteiger partial charge on any atom is -0.391 e. The molecule has 1 heterocycles. The number of nitrogens with zero attached hydrogens (tertiary/aromatic N) is 1. The molecule has 0 aliphatic carbocycles. The van der Waals surface area contributed by atoms with E-state index in [9.17, 15) is 5.11 Å². The lowest BCUT2D eigenvalue weighted by atomic mass is 10.0. The molecule has 2 unspecified atom stereocenters. The van der Waals surface area contributed by atoms with Crippen molar-refractivity contribution in [1.29, 1.82) is 0 Å². The second kappa shape index (κ2) is 9.19. The highest BCUT2D eigenvalue weighted by atomic mass is 32.2. The SMILES string of the molecule is CO/[NH+]=C/C=C\C=C\SN1CCCC(C)C(O)C1. The zero-order valence-corrected chi connectivity index (χ0v) is 11.9. The van der Waals surface area contributed by atoms with Crippen molar-refractivity contribution in [3.63, 3.8) is 0 Å². The Labute approximate surface area is 114 Å². The molecule has 0 aromatic carbocycles. The van der Waals surface area contributed by atoms with E-state index in [1.165, 1.54) is 0 Å². The van der Waals surface area contributed by atoms with E-state index in [1.807, 2.05) is 23.6 Å². The van der Waals surface area contributed by atoms with Crippen LogP contribution in [-0.2, 0) is 4.84 Å². The third-order valence-corrected chi connectivity index (χ3v) is 3.82. The molecule has 0 radical (unpaired) electrons. The van der Waals surface area contributed by atoms with Crippen molar-refractivity contribution >= 4 is 18.2 Å². The van der Waals surface area contributed by atoms with Crippen molar-refractivity contribution in [3.05, 3.63) is 23.6 Å². The number of rotatable bonds is 5. The molecule has 1 aliphatic rings. The van der Waals surface area contributed by atoms with Gasteiger partial charge in [0.2, 0.25) is 6.21 Å². The molecule has 5 heteroatoms. The Balaban J connectivity index is 2.27. The Morgan fingerprint density at radius 1 is 1.39 bits per heavy atom. The molecule has 1 saturated heterocycles. The lowest BCUT2D eigenvalue weighted by Gasteiger charge is -2.20. The molecular weight excluding hydrogens is 248 g/mol. The van der Waals surface area contributed by atoms with E-state index in [0.717, 1.165) is 25.9 Å². The summed E-state index contributed by atoms with van der Waals surface area (Å²) in [6.07, 6.45) is 9.53. The second-order valence-corrected chi connectivity index (χ2v) is 5.38. The number of hydrogen-bond donors (Lipinski definition) is 2. The van der Waals surface area contributed by atoms with Gasteiger partial charge in [-0.25, -0.2) is 4.31 Å². The van der Waals surface area contributed by atoms with Gasteiger partial charge >= 0.3 is 0 Å². The molecule has 0 amide bonds. The van der Waals surface area contributed by atoms with Crippen LogP contribution in [0.2, 0.25) is 0 Å². The summed E-state index contributed by atoms with van der Waals surface area (Å²) in [7, 11) is 1.57. The maximum atomic E-state index is 9.91. The highest BCUT2D eigenvalue weighted by Crippen LogP contribution is 2.22. The maximum Gasteiger partial charge on any atom is 0.213 e. The Hall–Kier alpha value is -0.780. The Kier molecular flexibility index (Phi) is 7.80. The van der Waals surface area contributed by atoms with Crippen LogP contribution in [0.15, 0.2) is 23.6 Å². The highest BCUT2D eigenvalue weighted by Gasteiger charge is 2.21. The lowest BCUT2D eigenvalue weighted by Crippen LogP contribution is -2.66. The van der Waals surface area contributed by atoms with Crippen LogP contribution in [-0.4, -0.2) is 41.9 Å². The predicted octanol–water partition coefficient (Wildman–Crippen LogP) is 0.510. The molecule has 4 nitrogen and oxygen atoms in total. The molecule has 0 aromatic heterocycles. The first-order valence-corrected chi connectivity index (χ1v) is 7.11. The van der Waals surface area contributed by atoms with E-state index in [4.69, 9.17) is 0 Å². The first-order chi connectivity index (χ1) is 8.74. The Morgan fingerprint density at radius 2 is 2.22 bits per heavy atom. The van der Waals surface area contributed by atoms with Crippen molar-refractivity contribution in [2.24, 2.45) is 5.92 Å². The fourth-order valence-electron chi connectivity index (χ4n) is 1.75. The fraction of sp³-hybridized carbons (Fsp3) is 0.615. The number of aliphatic hydroxyl groups is 1.